The van der Waals surface area contributed by atoms with E-state index in [0.29, 0.717) is 12.1 Å². The molecule has 0 aromatic heterocycles. The molecule has 2 heteroatoms. The van der Waals surface area contributed by atoms with E-state index in [9.17, 15) is 0 Å². The standard InChI is InChI=1S/C16H25NO/c1-4-9-17-14-6-8-16(11-14)18-15-7-5-12(2)13(3)10-15/h5,7,10,14,16-17H,4,6,8-9,11H2,1-3H3. The zero-order valence-corrected chi connectivity index (χ0v) is 11.8. The smallest absolute Gasteiger partial charge is 0.119 e. The van der Waals surface area contributed by atoms with Crippen molar-refractivity contribution in [1.29, 1.82) is 0 Å². The third-order valence-corrected chi connectivity index (χ3v) is 3.85. The summed E-state index contributed by atoms with van der Waals surface area (Å²) in [6.45, 7) is 7.62. The minimum atomic E-state index is 0.390. The monoisotopic (exact) mass is 247 g/mol. The van der Waals surface area contributed by atoms with Crippen molar-refractivity contribution in [2.45, 2.75) is 58.6 Å². The van der Waals surface area contributed by atoms with Crippen molar-refractivity contribution < 1.29 is 4.74 Å². The van der Waals surface area contributed by atoms with E-state index in [1.54, 1.807) is 0 Å². The highest BCUT2D eigenvalue weighted by molar-refractivity contribution is 5.34. The van der Waals surface area contributed by atoms with Crippen molar-refractivity contribution >= 4 is 0 Å². The predicted octanol–water partition coefficient (Wildman–Crippen LogP) is 3.60. The largest absolute Gasteiger partial charge is 0.490 e. The molecule has 1 saturated carbocycles. The molecule has 1 aliphatic rings. The van der Waals surface area contributed by atoms with E-state index in [1.165, 1.54) is 30.4 Å². The highest BCUT2D eigenvalue weighted by atomic mass is 16.5. The fraction of sp³-hybridized carbons (Fsp3) is 0.625. The van der Waals surface area contributed by atoms with Crippen molar-refractivity contribution in [1.82, 2.24) is 5.32 Å². The van der Waals surface area contributed by atoms with Gasteiger partial charge in [-0.1, -0.05) is 13.0 Å². The topological polar surface area (TPSA) is 21.3 Å². The van der Waals surface area contributed by atoms with Crippen LogP contribution in [0.1, 0.15) is 43.7 Å². The molecule has 1 fully saturated rings. The molecule has 18 heavy (non-hydrogen) atoms. The molecule has 2 nitrogen and oxygen atoms in total. The third-order valence-electron chi connectivity index (χ3n) is 3.85. The van der Waals surface area contributed by atoms with Crippen LogP contribution in [0.5, 0.6) is 5.75 Å². The highest BCUT2D eigenvalue weighted by Crippen LogP contribution is 2.26. The number of ether oxygens (including phenoxy) is 1. The van der Waals surface area contributed by atoms with Gasteiger partial charge in [0.1, 0.15) is 11.9 Å². The second-order valence-electron chi connectivity index (χ2n) is 5.45. The molecule has 0 aliphatic heterocycles. The molecular formula is C16H25NO. The lowest BCUT2D eigenvalue weighted by Gasteiger charge is -2.15. The summed E-state index contributed by atoms with van der Waals surface area (Å²) >= 11 is 0. The van der Waals surface area contributed by atoms with E-state index >= 15 is 0 Å². The number of aryl methyl sites for hydroxylation is 2. The van der Waals surface area contributed by atoms with Gasteiger partial charge in [0.2, 0.25) is 0 Å². The van der Waals surface area contributed by atoms with Gasteiger partial charge in [-0.3, -0.25) is 0 Å². The van der Waals surface area contributed by atoms with Crippen LogP contribution in [-0.4, -0.2) is 18.7 Å². The number of hydrogen-bond donors (Lipinski definition) is 1. The van der Waals surface area contributed by atoms with Gasteiger partial charge >= 0.3 is 0 Å². The van der Waals surface area contributed by atoms with E-state index in [0.717, 1.165) is 18.7 Å². The minimum absolute atomic E-state index is 0.390. The molecule has 100 valence electrons. The molecule has 0 spiro atoms. The Bertz CT molecular complexity index is 389. The summed E-state index contributed by atoms with van der Waals surface area (Å²) in [7, 11) is 0. The quantitative estimate of drug-likeness (QED) is 0.858. The summed E-state index contributed by atoms with van der Waals surface area (Å²) in [4.78, 5) is 0. The Morgan fingerprint density at radius 3 is 2.78 bits per heavy atom. The Balaban J connectivity index is 1.85. The van der Waals surface area contributed by atoms with Crippen molar-refractivity contribution in [2.24, 2.45) is 0 Å². The first-order chi connectivity index (χ1) is 8.69. The lowest BCUT2D eigenvalue weighted by atomic mass is 10.1. The Hall–Kier alpha value is -1.02. The lowest BCUT2D eigenvalue weighted by molar-refractivity contribution is 0.206. The van der Waals surface area contributed by atoms with E-state index < -0.39 is 0 Å². The maximum absolute atomic E-state index is 6.08. The highest BCUT2D eigenvalue weighted by Gasteiger charge is 2.25. The van der Waals surface area contributed by atoms with Crippen LogP contribution in [0.25, 0.3) is 0 Å². The van der Waals surface area contributed by atoms with Gasteiger partial charge in [0, 0.05) is 6.04 Å². The average Bonchev–Trinajstić information content (AvgIpc) is 2.79. The van der Waals surface area contributed by atoms with Crippen LogP contribution in [0, 0.1) is 13.8 Å². The summed E-state index contributed by atoms with van der Waals surface area (Å²) < 4.78 is 6.08. The van der Waals surface area contributed by atoms with E-state index in [2.05, 4.69) is 44.3 Å². The van der Waals surface area contributed by atoms with E-state index in [4.69, 9.17) is 4.74 Å². The molecule has 2 atom stereocenters. The summed E-state index contributed by atoms with van der Waals surface area (Å²) in [6.07, 6.45) is 5.16. The van der Waals surface area contributed by atoms with Crippen LogP contribution in [0.2, 0.25) is 0 Å². The minimum Gasteiger partial charge on any atom is -0.490 e. The van der Waals surface area contributed by atoms with Gasteiger partial charge in [-0.05, 0) is 69.3 Å². The van der Waals surface area contributed by atoms with E-state index in [-0.39, 0.29) is 0 Å². The van der Waals surface area contributed by atoms with Crippen molar-refractivity contribution in [2.75, 3.05) is 6.54 Å². The summed E-state index contributed by atoms with van der Waals surface area (Å²) in [6, 6.07) is 7.05. The molecule has 1 N–H and O–H groups in total. The third kappa shape index (κ3) is 3.49. The predicted molar refractivity (Wildman–Crippen MR) is 76.3 cm³/mol. The Morgan fingerprint density at radius 2 is 2.06 bits per heavy atom. The first kappa shape index (κ1) is 13.4. The molecule has 1 aromatic rings. The normalized spacial score (nSPS) is 23.3. The van der Waals surface area contributed by atoms with Gasteiger partial charge in [-0.2, -0.15) is 0 Å². The van der Waals surface area contributed by atoms with Crippen LogP contribution in [0.15, 0.2) is 18.2 Å². The maximum atomic E-state index is 6.08. The van der Waals surface area contributed by atoms with Crippen LogP contribution >= 0.6 is 0 Å². The van der Waals surface area contributed by atoms with Gasteiger partial charge in [-0.15, -0.1) is 0 Å². The van der Waals surface area contributed by atoms with Crippen LogP contribution in [-0.2, 0) is 0 Å². The molecule has 2 unspecified atom stereocenters. The first-order valence-corrected chi connectivity index (χ1v) is 7.16. The van der Waals surface area contributed by atoms with Gasteiger partial charge in [-0.25, -0.2) is 0 Å². The fourth-order valence-electron chi connectivity index (χ4n) is 2.56. The van der Waals surface area contributed by atoms with Crippen LogP contribution in [0.4, 0.5) is 0 Å². The summed E-state index contributed by atoms with van der Waals surface area (Å²) in [5, 5.41) is 3.59. The molecule has 0 heterocycles. The van der Waals surface area contributed by atoms with E-state index in [1.807, 2.05) is 0 Å². The SMILES string of the molecule is CCCNC1CCC(Oc2ccc(C)c(C)c2)C1. The zero-order chi connectivity index (χ0) is 13.0. The van der Waals surface area contributed by atoms with Crippen molar-refractivity contribution in [3.63, 3.8) is 0 Å². The molecule has 0 radical (unpaired) electrons. The molecule has 0 saturated heterocycles. The second-order valence-corrected chi connectivity index (χ2v) is 5.45. The molecule has 0 bridgehead atoms. The van der Waals surface area contributed by atoms with Gasteiger partial charge in [0.25, 0.3) is 0 Å². The zero-order valence-electron chi connectivity index (χ0n) is 11.8. The lowest BCUT2D eigenvalue weighted by Crippen LogP contribution is -2.28. The molecule has 2 rings (SSSR count). The number of nitrogens with one attached hydrogen (secondary N) is 1. The molecular weight excluding hydrogens is 222 g/mol. The molecule has 1 aliphatic carbocycles. The van der Waals surface area contributed by atoms with Gasteiger partial charge < -0.3 is 10.1 Å². The Kier molecular flexibility index (Phi) is 4.65. The number of hydrogen-bond acceptors (Lipinski definition) is 2. The Labute approximate surface area is 111 Å². The van der Waals surface area contributed by atoms with Crippen LogP contribution in [0.3, 0.4) is 0 Å². The maximum Gasteiger partial charge on any atom is 0.119 e. The van der Waals surface area contributed by atoms with Gasteiger partial charge in [0.05, 0.1) is 0 Å². The molecule has 0 amide bonds. The number of benzene rings is 1. The van der Waals surface area contributed by atoms with Crippen molar-refractivity contribution in [3.8, 4) is 5.75 Å². The fourth-order valence-corrected chi connectivity index (χ4v) is 2.56. The average molecular weight is 247 g/mol. The number of rotatable bonds is 5. The van der Waals surface area contributed by atoms with Crippen molar-refractivity contribution in [3.05, 3.63) is 29.3 Å². The van der Waals surface area contributed by atoms with Gasteiger partial charge in [0.15, 0.2) is 0 Å². The summed E-state index contributed by atoms with van der Waals surface area (Å²) in [5.74, 6) is 1.03. The second kappa shape index (κ2) is 6.24. The van der Waals surface area contributed by atoms with Crippen LogP contribution < -0.4 is 10.1 Å². The first-order valence-electron chi connectivity index (χ1n) is 7.16. The Morgan fingerprint density at radius 1 is 1.22 bits per heavy atom. The molecule has 1 aromatic carbocycles. The summed E-state index contributed by atoms with van der Waals surface area (Å²) in [5.41, 5.74) is 2.64.